The molecule has 1 unspecified atom stereocenters. The van der Waals surface area contributed by atoms with Crippen molar-refractivity contribution in [1.82, 2.24) is 9.97 Å². The van der Waals surface area contributed by atoms with Crippen LogP contribution < -0.4 is 15.8 Å². The predicted octanol–water partition coefficient (Wildman–Crippen LogP) is 3.85. The number of carbonyl (C=O) groups excluding carboxylic acids is 1. The third-order valence-electron chi connectivity index (χ3n) is 6.66. The molecule has 14 heteroatoms. The Morgan fingerprint density at radius 1 is 1.26 bits per heavy atom. The molecule has 1 aliphatic heterocycles. The number of ether oxygens (including phenoxy) is 1. The van der Waals surface area contributed by atoms with Gasteiger partial charge in [-0.2, -0.15) is 0 Å². The van der Waals surface area contributed by atoms with Crippen LogP contribution in [0.5, 0.6) is 5.75 Å². The normalized spacial score (nSPS) is 23.5. The molecule has 3 N–H and O–H groups in total. The summed E-state index contributed by atoms with van der Waals surface area (Å²) in [5, 5.41) is 2.42. The minimum absolute atomic E-state index is 0.0136. The number of halogens is 2. The van der Waals surface area contributed by atoms with Crippen molar-refractivity contribution in [3.8, 4) is 5.75 Å². The van der Waals surface area contributed by atoms with Gasteiger partial charge in [-0.05, 0) is 32.0 Å². The van der Waals surface area contributed by atoms with Crippen molar-refractivity contribution in [2.24, 2.45) is 16.6 Å². The van der Waals surface area contributed by atoms with Crippen molar-refractivity contribution in [3.05, 3.63) is 71.7 Å². The Morgan fingerprint density at radius 3 is 2.61 bits per heavy atom. The zero-order valence-electron chi connectivity index (χ0n) is 20.9. The highest BCUT2D eigenvalue weighted by molar-refractivity contribution is 8.23. The van der Waals surface area contributed by atoms with Crippen LogP contribution in [0.2, 0.25) is 0 Å². The van der Waals surface area contributed by atoms with Crippen LogP contribution >= 0.6 is 11.8 Å². The van der Waals surface area contributed by atoms with E-state index in [9.17, 15) is 17.6 Å². The average Bonchev–Trinajstić information content (AvgIpc) is 3.36. The number of thioether (sulfide) groups is 1. The lowest BCUT2D eigenvalue weighted by atomic mass is 9.78. The Kier molecular flexibility index (Phi) is 7.23. The molecule has 1 amide bonds. The second-order valence-electron chi connectivity index (χ2n) is 9.08. The number of amidine groups is 1. The molecule has 0 saturated heterocycles. The van der Waals surface area contributed by atoms with Gasteiger partial charge < -0.3 is 20.2 Å². The zero-order chi connectivity index (χ0) is 27.9. The number of aromatic nitrogens is 2. The van der Waals surface area contributed by atoms with Crippen molar-refractivity contribution >= 4 is 38.4 Å². The molecule has 0 saturated carbocycles. The van der Waals surface area contributed by atoms with Gasteiger partial charge in [0.2, 0.25) is 5.89 Å². The molecular formula is C24H25F2N5O5S2. The number of hydrogen-bond donors (Lipinski definition) is 2. The van der Waals surface area contributed by atoms with Crippen molar-refractivity contribution in [2.45, 2.75) is 37.0 Å². The summed E-state index contributed by atoms with van der Waals surface area (Å²) in [6.45, 7) is 4.61. The number of sulfone groups is 1. The van der Waals surface area contributed by atoms with Crippen LogP contribution in [0.15, 0.2) is 52.3 Å². The molecule has 0 spiro atoms. The van der Waals surface area contributed by atoms with Gasteiger partial charge in [-0.1, -0.05) is 18.7 Å². The lowest BCUT2D eigenvalue weighted by Crippen LogP contribution is -2.52. The fourth-order valence-electron chi connectivity index (χ4n) is 4.14. The number of rotatable bonds is 7. The second-order valence-corrected chi connectivity index (χ2v) is 13.2. The van der Waals surface area contributed by atoms with Crippen molar-refractivity contribution < 1.29 is 31.1 Å². The summed E-state index contributed by atoms with van der Waals surface area (Å²) in [5.41, 5.74) is 4.07. The van der Waals surface area contributed by atoms with Crippen LogP contribution in [-0.4, -0.2) is 39.8 Å². The van der Waals surface area contributed by atoms with E-state index in [1.54, 1.807) is 6.92 Å². The number of nitrogens with zero attached hydrogens (tertiary/aromatic N) is 3. The highest BCUT2D eigenvalue weighted by Crippen LogP contribution is 2.52. The maximum absolute atomic E-state index is 15.1. The SMILES string of the molecule is CC1[C@@](C)(S(C)(=O)=O)SC(N)=N[C@]1(C)c1cc(NC(=O)c2ccc(OCc3ncco3)cn2)cc(F)c1F. The quantitative estimate of drug-likeness (QED) is 0.435. The molecule has 3 heterocycles. The third kappa shape index (κ3) is 5.10. The van der Waals surface area contributed by atoms with Gasteiger partial charge in [-0.3, -0.25) is 9.79 Å². The second kappa shape index (κ2) is 9.98. The molecule has 2 aromatic heterocycles. The number of hydrogen-bond acceptors (Lipinski definition) is 10. The number of carbonyl (C=O) groups is 1. The number of aliphatic imine (C=N–C) groups is 1. The number of oxazole rings is 1. The molecule has 38 heavy (non-hydrogen) atoms. The number of nitrogens with one attached hydrogen (secondary N) is 1. The number of benzene rings is 1. The van der Waals surface area contributed by atoms with Crippen molar-refractivity contribution in [2.75, 3.05) is 11.6 Å². The largest absolute Gasteiger partial charge is 0.482 e. The maximum Gasteiger partial charge on any atom is 0.274 e. The summed E-state index contributed by atoms with van der Waals surface area (Å²) in [4.78, 5) is 25.1. The minimum atomic E-state index is -3.71. The lowest BCUT2D eigenvalue weighted by Gasteiger charge is -2.46. The average molecular weight is 566 g/mol. The number of nitrogens with two attached hydrogens (primary N) is 1. The first kappa shape index (κ1) is 27.5. The molecule has 0 bridgehead atoms. The first-order valence-electron chi connectivity index (χ1n) is 11.3. The van der Waals surface area contributed by atoms with E-state index in [0.29, 0.717) is 11.6 Å². The van der Waals surface area contributed by atoms with Gasteiger partial charge in [-0.15, -0.1) is 0 Å². The molecule has 10 nitrogen and oxygen atoms in total. The van der Waals surface area contributed by atoms with E-state index < -0.39 is 42.9 Å². The number of pyridine rings is 1. The van der Waals surface area contributed by atoms with Gasteiger partial charge in [0, 0.05) is 29.5 Å². The first-order valence-corrected chi connectivity index (χ1v) is 14.0. The van der Waals surface area contributed by atoms with Gasteiger partial charge in [-0.25, -0.2) is 27.2 Å². The Hall–Kier alpha value is -3.52. The van der Waals surface area contributed by atoms with E-state index in [4.69, 9.17) is 14.9 Å². The standard InChI is InChI=1S/C24H25F2N5O5S2/c1-13-23(2,31-22(27)37-24(13,3)38(4,33)34)16-9-14(10-17(25)20(16)26)30-21(32)18-6-5-15(11-29-18)36-12-19-28-7-8-35-19/h5-11,13H,12H2,1-4H3,(H2,27,31)(H,30,32)/t13?,23-,24+/m0/s1. The third-order valence-corrected chi connectivity index (χ3v) is 10.7. The van der Waals surface area contributed by atoms with E-state index in [2.05, 4.69) is 20.3 Å². The first-order chi connectivity index (χ1) is 17.7. The Labute approximate surface area is 222 Å². The van der Waals surface area contributed by atoms with Gasteiger partial charge in [0.05, 0.1) is 17.9 Å². The van der Waals surface area contributed by atoms with Gasteiger partial charge >= 0.3 is 0 Å². The molecule has 3 atom stereocenters. The fraction of sp³-hybridized carbons (Fsp3) is 0.333. The monoisotopic (exact) mass is 565 g/mol. The van der Waals surface area contributed by atoms with Crippen LogP contribution in [-0.2, 0) is 22.0 Å². The molecule has 202 valence electrons. The Bertz CT molecular complexity index is 1500. The summed E-state index contributed by atoms with van der Waals surface area (Å²) >= 11 is 0.853. The molecule has 0 radical (unpaired) electrons. The predicted molar refractivity (Wildman–Crippen MR) is 138 cm³/mol. The molecule has 1 aromatic carbocycles. The summed E-state index contributed by atoms with van der Waals surface area (Å²) < 4.78 is 64.3. The minimum Gasteiger partial charge on any atom is -0.482 e. The van der Waals surface area contributed by atoms with E-state index >= 15 is 4.39 Å². The molecular weight excluding hydrogens is 540 g/mol. The number of amides is 1. The van der Waals surface area contributed by atoms with Crippen LogP contribution in [0, 0.1) is 17.6 Å². The summed E-state index contributed by atoms with van der Waals surface area (Å²) in [7, 11) is -3.71. The molecule has 1 aliphatic rings. The highest BCUT2D eigenvalue weighted by Gasteiger charge is 2.55. The lowest BCUT2D eigenvalue weighted by molar-refractivity contribution is 0.102. The van der Waals surface area contributed by atoms with Crippen LogP contribution in [0.4, 0.5) is 14.5 Å². The van der Waals surface area contributed by atoms with Crippen LogP contribution in [0.3, 0.4) is 0 Å². The molecule has 0 aliphatic carbocycles. The van der Waals surface area contributed by atoms with Crippen LogP contribution in [0.1, 0.15) is 42.7 Å². The topological polar surface area (TPSA) is 150 Å². The van der Waals surface area contributed by atoms with E-state index in [0.717, 1.165) is 24.1 Å². The van der Waals surface area contributed by atoms with Crippen molar-refractivity contribution in [3.63, 3.8) is 0 Å². The van der Waals surface area contributed by atoms with Gasteiger partial charge in [0.1, 0.15) is 21.8 Å². The van der Waals surface area contributed by atoms with Crippen LogP contribution in [0.25, 0.3) is 0 Å². The zero-order valence-corrected chi connectivity index (χ0v) is 22.5. The maximum atomic E-state index is 15.1. The Balaban J connectivity index is 1.60. The number of anilines is 1. The molecule has 4 rings (SSSR count). The van der Waals surface area contributed by atoms with E-state index in [-0.39, 0.29) is 28.7 Å². The Morgan fingerprint density at radius 2 is 2.00 bits per heavy atom. The smallest absolute Gasteiger partial charge is 0.274 e. The summed E-state index contributed by atoms with van der Waals surface area (Å²) in [6.07, 6.45) is 5.27. The summed E-state index contributed by atoms with van der Waals surface area (Å²) in [5.74, 6) is -3.26. The molecule has 0 fully saturated rings. The van der Waals surface area contributed by atoms with Gasteiger partial charge in [0.15, 0.2) is 33.2 Å². The molecule has 3 aromatic rings. The van der Waals surface area contributed by atoms with Gasteiger partial charge in [0.25, 0.3) is 5.91 Å². The van der Waals surface area contributed by atoms with E-state index in [1.807, 2.05) is 0 Å². The highest BCUT2D eigenvalue weighted by atomic mass is 32.3. The van der Waals surface area contributed by atoms with Crippen molar-refractivity contribution in [1.29, 1.82) is 0 Å². The fourth-order valence-corrected chi connectivity index (χ4v) is 6.93. The van der Waals surface area contributed by atoms with E-state index in [1.165, 1.54) is 50.7 Å². The summed E-state index contributed by atoms with van der Waals surface area (Å²) in [6, 6.07) is 4.94.